The first-order chi connectivity index (χ1) is 9.61. The summed E-state index contributed by atoms with van der Waals surface area (Å²) in [4.78, 5) is 12.6. The van der Waals surface area contributed by atoms with Gasteiger partial charge in [-0.3, -0.25) is 10.1 Å². The standard InChI is InChI=1S/C15H16N2OS2/c1-3-11-7-4-6-10(2)13(11)16-15(19)17-14(18)12-8-5-9-20-12/h4-9H,3H2,1-2H3,(H2,16,17,18,19). The molecule has 2 aromatic rings. The van der Waals surface area contributed by atoms with Crippen molar-refractivity contribution in [1.29, 1.82) is 0 Å². The zero-order valence-corrected chi connectivity index (χ0v) is 13.0. The van der Waals surface area contributed by atoms with E-state index in [0.29, 0.717) is 9.99 Å². The summed E-state index contributed by atoms with van der Waals surface area (Å²) < 4.78 is 0. The van der Waals surface area contributed by atoms with Crippen LogP contribution in [-0.4, -0.2) is 11.0 Å². The largest absolute Gasteiger partial charge is 0.332 e. The van der Waals surface area contributed by atoms with E-state index in [4.69, 9.17) is 12.2 Å². The molecule has 5 heteroatoms. The molecule has 0 aliphatic rings. The van der Waals surface area contributed by atoms with Gasteiger partial charge in [0.1, 0.15) is 0 Å². The number of benzene rings is 1. The van der Waals surface area contributed by atoms with Gasteiger partial charge < -0.3 is 5.32 Å². The third kappa shape index (κ3) is 3.43. The van der Waals surface area contributed by atoms with Gasteiger partial charge in [-0.15, -0.1) is 11.3 Å². The number of amides is 1. The Bertz CT molecular complexity index is 621. The first-order valence-electron chi connectivity index (χ1n) is 6.36. The monoisotopic (exact) mass is 304 g/mol. The van der Waals surface area contributed by atoms with Crippen molar-refractivity contribution < 1.29 is 4.79 Å². The fraction of sp³-hybridized carbons (Fsp3) is 0.200. The molecule has 1 aromatic heterocycles. The minimum atomic E-state index is -0.177. The summed E-state index contributed by atoms with van der Waals surface area (Å²) in [5.74, 6) is -0.177. The second-order valence-electron chi connectivity index (χ2n) is 4.35. The quantitative estimate of drug-likeness (QED) is 0.849. The zero-order chi connectivity index (χ0) is 14.5. The Labute approximate surface area is 128 Å². The van der Waals surface area contributed by atoms with Gasteiger partial charge in [0, 0.05) is 5.69 Å². The van der Waals surface area contributed by atoms with Crippen molar-refractivity contribution in [3.8, 4) is 0 Å². The Kier molecular flexibility index (Phi) is 4.87. The Morgan fingerprint density at radius 3 is 2.75 bits per heavy atom. The zero-order valence-electron chi connectivity index (χ0n) is 11.4. The van der Waals surface area contributed by atoms with Crippen LogP contribution in [0.4, 0.5) is 5.69 Å². The molecule has 2 rings (SSSR count). The highest BCUT2D eigenvalue weighted by molar-refractivity contribution is 7.80. The predicted octanol–water partition coefficient (Wildman–Crippen LogP) is 3.75. The number of anilines is 1. The van der Waals surface area contributed by atoms with E-state index < -0.39 is 0 Å². The molecule has 104 valence electrons. The van der Waals surface area contributed by atoms with Crippen molar-refractivity contribution in [2.75, 3.05) is 5.32 Å². The minimum Gasteiger partial charge on any atom is -0.332 e. The number of rotatable bonds is 3. The lowest BCUT2D eigenvalue weighted by molar-refractivity contribution is 0.0981. The predicted molar refractivity (Wildman–Crippen MR) is 88.6 cm³/mol. The average molecular weight is 304 g/mol. The number of hydrogen-bond acceptors (Lipinski definition) is 3. The van der Waals surface area contributed by atoms with Crippen LogP contribution in [0.1, 0.15) is 27.7 Å². The minimum absolute atomic E-state index is 0.177. The lowest BCUT2D eigenvalue weighted by Crippen LogP contribution is -2.34. The van der Waals surface area contributed by atoms with Crippen molar-refractivity contribution >= 4 is 40.3 Å². The third-order valence-corrected chi connectivity index (χ3v) is 4.02. The number of thiophene rings is 1. The summed E-state index contributed by atoms with van der Waals surface area (Å²) in [6.07, 6.45) is 0.908. The van der Waals surface area contributed by atoms with Crippen LogP contribution < -0.4 is 10.6 Å². The summed E-state index contributed by atoms with van der Waals surface area (Å²) in [6, 6.07) is 9.71. The van der Waals surface area contributed by atoms with Crippen molar-refractivity contribution in [3.05, 3.63) is 51.7 Å². The fourth-order valence-electron chi connectivity index (χ4n) is 1.92. The highest BCUT2D eigenvalue weighted by Gasteiger charge is 2.10. The van der Waals surface area contributed by atoms with E-state index in [0.717, 1.165) is 17.7 Å². The number of nitrogens with one attached hydrogen (secondary N) is 2. The van der Waals surface area contributed by atoms with Gasteiger partial charge in [0.25, 0.3) is 5.91 Å². The smallest absolute Gasteiger partial charge is 0.267 e. The summed E-state index contributed by atoms with van der Waals surface area (Å²) in [5, 5.41) is 8.02. The fourth-order valence-corrected chi connectivity index (χ4v) is 2.73. The van der Waals surface area contributed by atoms with E-state index in [1.54, 1.807) is 6.07 Å². The highest BCUT2D eigenvalue weighted by atomic mass is 32.1. The van der Waals surface area contributed by atoms with Crippen molar-refractivity contribution in [3.63, 3.8) is 0 Å². The van der Waals surface area contributed by atoms with Gasteiger partial charge >= 0.3 is 0 Å². The molecule has 3 nitrogen and oxygen atoms in total. The molecule has 1 aromatic carbocycles. The van der Waals surface area contributed by atoms with Gasteiger partial charge in [0.2, 0.25) is 0 Å². The molecule has 1 heterocycles. The molecule has 2 N–H and O–H groups in total. The van der Waals surface area contributed by atoms with E-state index in [9.17, 15) is 4.79 Å². The summed E-state index contributed by atoms with van der Waals surface area (Å²) in [5.41, 5.74) is 3.27. The SMILES string of the molecule is CCc1cccc(C)c1NC(=S)NC(=O)c1cccs1. The number of carbonyl (C=O) groups is 1. The first-order valence-corrected chi connectivity index (χ1v) is 7.65. The molecular formula is C15H16N2OS2. The van der Waals surface area contributed by atoms with E-state index in [2.05, 4.69) is 23.6 Å². The molecular weight excluding hydrogens is 288 g/mol. The molecule has 0 saturated heterocycles. The van der Waals surface area contributed by atoms with Gasteiger partial charge in [-0.05, 0) is 48.1 Å². The van der Waals surface area contributed by atoms with Crippen LogP contribution in [0.15, 0.2) is 35.7 Å². The molecule has 0 aliphatic carbocycles. The van der Waals surface area contributed by atoms with Gasteiger partial charge in [-0.1, -0.05) is 31.2 Å². The number of para-hydroxylation sites is 1. The van der Waals surface area contributed by atoms with E-state index >= 15 is 0 Å². The van der Waals surface area contributed by atoms with E-state index in [1.165, 1.54) is 16.9 Å². The maximum Gasteiger partial charge on any atom is 0.267 e. The third-order valence-electron chi connectivity index (χ3n) is 2.95. The maximum atomic E-state index is 11.9. The van der Waals surface area contributed by atoms with Crippen LogP contribution in [0.25, 0.3) is 0 Å². The molecule has 20 heavy (non-hydrogen) atoms. The Balaban J connectivity index is 2.07. The number of thiocarbonyl (C=S) groups is 1. The van der Waals surface area contributed by atoms with Gasteiger partial charge in [0.05, 0.1) is 4.88 Å². The molecule has 0 unspecified atom stereocenters. The Morgan fingerprint density at radius 2 is 2.10 bits per heavy atom. The molecule has 0 atom stereocenters. The second-order valence-corrected chi connectivity index (χ2v) is 5.70. The normalized spacial score (nSPS) is 10.1. The number of aryl methyl sites for hydroxylation is 2. The summed E-state index contributed by atoms with van der Waals surface area (Å²) in [6.45, 7) is 4.11. The molecule has 0 aliphatic heterocycles. The van der Waals surface area contributed by atoms with Crippen LogP contribution in [0, 0.1) is 6.92 Å². The lowest BCUT2D eigenvalue weighted by atomic mass is 10.1. The molecule has 0 bridgehead atoms. The Morgan fingerprint density at radius 1 is 1.30 bits per heavy atom. The van der Waals surface area contributed by atoms with Gasteiger partial charge in [0.15, 0.2) is 5.11 Å². The number of carbonyl (C=O) groups excluding carboxylic acids is 1. The number of hydrogen-bond donors (Lipinski definition) is 2. The highest BCUT2D eigenvalue weighted by Crippen LogP contribution is 2.21. The topological polar surface area (TPSA) is 41.1 Å². The van der Waals surface area contributed by atoms with Gasteiger partial charge in [-0.2, -0.15) is 0 Å². The van der Waals surface area contributed by atoms with E-state index in [-0.39, 0.29) is 5.91 Å². The van der Waals surface area contributed by atoms with Gasteiger partial charge in [-0.25, -0.2) is 0 Å². The van der Waals surface area contributed by atoms with Crippen molar-refractivity contribution in [1.82, 2.24) is 5.32 Å². The van der Waals surface area contributed by atoms with Crippen LogP contribution in [0.2, 0.25) is 0 Å². The first kappa shape index (κ1) is 14.7. The van der Waals surface area contributed by atoms with Crippen LogP contribution in [0.5, 0.6) is 0 Å². The summed E-state index contributed by atoms with van der Waals surface area (Å²) >= 11 is 6.61. The molecule has 1 amide bonds. The van der Waals surface area contributed by atoms with Crippen molar-refractivity contribution in [2.24, 2.45) is 0 Å². The molecule has 0 spiro atoms. The molecule has 0 radical (unpaired) electrons. The molecule has 0 fully saturated rings. The second kappa shape index (κ2) is 6.63. The van der Waals surface area contributed by atoms with E-state index in [1.807, 2.05) is 30.5 Å². The van der Waals surface area contributed by atoms with Crippen LogP contribution in [0.3, 0.4) is 0 Å². The van der Waals surface area contributed by atoms with Crippen LogP contribution in [-0.2, 0) is 6.42 Å². The Hall–Kier alpha value is -1.72. The lowest BCUT2D eigenvalue weighted by Gasteiger charge is -2.14. The average Bonchev–Trinajstić information content (AvgIpc) is 2.95. The molecule has 0 saturated carbocycles. The van der Waals surface area contributed by atoms with Crippen LogP contribution >= 0.6 is 23.6 Å². The maximum absolute atomic E-state index is 11.9. The summed E-state index contributed by atoms with van der Waals surface area (Å²) in [7, 11) is 0. The van der Waals surface area contributed by atoms with Crippen molar-refractivity contribution in [2.45, 2.75) is 20.3 Å².